The molecule has 5 rings (SSSR count). The fourth-order valence-electron chi connectivity index (χ4n) is 2.91. The van der Waals surface area contributed by atoms with Gasteiger partial charge in [0, 0.05) is 23.9 Å². The minimum atomic E-state index is -0.231. The van der Waals surface area contributed by atoms with Crippen molar-refractivity contribution in [2.45, 2.75) is 18.8 Å². The maximum absolute atomic E-state index is 13.1. The second kappa shape index (κ2) is 7.41. The lowest BCUT2D eigenvalue weighted by atomic mass is 10.1. The summed E-state index contributed by atoms with van der Waals surface area (Å²) in [4.78, 5) is 18.3. The molecule has 3 heterocycles. The Kier molecular flexibility index (Phi) is 4.61. The average Bonchev–Trinajstić information content (AvgIpc) is 3.16. The molecule has 1 N–H and O–H groups in total. The maximum atomic E-state index is 13.1. The highest BCUT2D eigenvalue weighted by molar-refractivity contribution is 7.17. The number of aromatic nitrogens is 4. The molecule has 0 bridgehead atoms. The van der Waals surface area contributed by atoms with Gasteiger partial charge < -0.3 is 9.30 Å². The highest BCUT2D eigenvalue weighted by Gasteiger charge is 2.28. The molecule has 1 amide bonds. The molecule has 1 aliphatic carbocycles. The summed E-state index contributed by atoms with van der Waals surface area (Å²) in [7, 11) is 1.62. The van der Waals surface area contributed by atoms with Crippen LogP contribution in [0.2, 0.25) is 0 Å². The van der Waals surface area contributed by atoms with Gasteiger partial charge in [-0.15, -0.1) is 10.2 Å². The molecular weight excluding hydrogens is 406 g/mol. The SMILES string of the molecule is COc1ccc(-c2nc(-n3cccc3)sc2C(=O)Nc2nnc(C3CC3)s2)cc1. The number of hydrogen-bond acceptors (Lipinski definition) is 7. The number of anilines is 1. The molecule has 1 aliphatic rings. The number of carbonyl (C=O) groups is 1. The van der Waals surface area contributed by atoms with Crippen molar-refractivity contribution in [2.75, 3.05) is 12.4 Å². The quantitative estimate of drug-likeness (QED) is 0.490. The first-order valence-corrected chi connectivity index (χ1v) is 10.8. The van der Waals surface area contributed by atoms with Crippen molar-refractivity contribution in [2.24, 2.45) is 0 Å². The van der Waals surface area contributed by atoms with Gasteiger partial charge in [0.15, 0.2) is 5.13 Å². The van der Waals surface area contributed by atoms with Crippen LogP contribution in [0.25, 0.3) is 16.4 Å². The minimum absolute atomic E-state index is 0.231. The van der Waals surface area contributed by atoms with Crippen LogP contribution in [0.15, 0.2) is 48.8 Å². The molecule has 0 aliphatic heterocycles. The van der Waals surface area contributed by atoms with Crippen molar-refractivity contribution in [3.63, 3.8) is 0 Å². The summed E-state index contributed by atoms with van der Waals surface area (Å²) in [6.07, 6.45) is 6.12. The third kappa shape index (κ3) is 3.66. The van der Waals surface area contributed by atoms with Gasteiger partial charge in [-0.2, -0.15) is 0 Å². The van der Waals surface area contributed by atoms with Crippen LogP contribution < -0.4 is 10.1 Å². The first-order chi connectivity index (χ1) is 14.2. The third-order valence-corrected chi connectivity index (χ3v) is 6.67. The standard InChI is InChI=1S/C20H17N5O2S2/c1-27-14-8-6-12(7-9-14)15-16(28-20(21-15)25-10-2-3-11-25)17(26)22-19-24-23-18(29-19)13-4-5-13/h2-3,6-11,13H,4-5H2,1H3,(H,22,24,26). The molecule has 3 aromatic heterocycles. The number of nitrogens with one attached hydrogen (secondary N) is 1. The van der Waals surface area contributed by atoms with Gasteiger partial charge >= 0.3 is 0 Å². The Morgan fingerprint density at radius 1 is 1.14 bits per heavy atom. The largest absolute Gasteiger partial charge is 0.497 e. The monoisotopic (exact) mass is 423 g/mol. The van der Waals surface area contributed by atoms with Crippen LogP contribution in [0.1, 0.15) is 33.4 Å². The molecule has 0 atom stereocenters. The first-order valence-electron chi connectivity index (χ1n) is 9.14. The van der Waals surface area contributed by atoms with Crippen molar-refractivity contribution in [1.29, 1.82) is 0 Å². The van der Waals surface area contributed by atoms with Crippen LogP contribution in [-0.2, 0) is 0 Å². The van der Waals surface area contributed by atoms with Crippen molar-refractivity contribution >= 4 is 33.7 Å². The van der Waals surface area contributed by atoms with Crippen LogP contribution in [0.5, 0.6) is 5.75 Å². The summed E-state index contributed by atoms with van der Waals surface area (Å²) in [5.41, 5.74) is 1.48. The van der Waals surface area contributed by atoms with Gasteiger partial charge in [0.25, 0.3) is 5.91 Å². The summed E-state index contributed by atoms with van der Waals surface area (Å²) in [6.45, 7) is 0. The molecule has 4 aromatic rings. The predicted molar refractivity (Wildman–Crippen MR) is 113 cm³/mol. The second-order valence-corrected chi connectivity index (χ2v) is 8.65. The minimum Gasteiger partial charge on any atom is -0.497 e. The molecule has 1 aromatic carbocycles. The Bertz CT molecular complexity index is 1140. The van der Waals surface area contributed by atoms with Gasteiger partial charge in [0.05, 0.1) is 12.8 Å². The van der Waals surface area contributed by atoms with Gasteiger partial charge in [-0.25, -0.2) is 4.98 Å². The zero-order valence-electron chi connectivity index (χ0n) is 15.5. The van der Waals surface area contributed by atoms with E-state index in [1.807, 2.05) is 53.4 Å². The zero-order chi connectivity index (χ0) is 19.8. The average molecular weight is 424 g/mol. The smallest absolute Gasteiger partial charge is 0.269 e. The van der Waals surface area contributed by atoms with E-state index < -0.39 is 0 Å². The normalized spacial score (nSPS) is 13.4. The highest BCUT2D eigenvalue weighted by Crippen LogP contribution is 2.42. The van der Waals surface area contributed by atoms with E-state index in [9.17, 15) is 4.79 Å². The predicted octanol–water partition coefficient (Wildman–Crippen LogP) is 4.59. The van der Waals surface area contributed by atoms with Gasteiger partial charge in [-0.1, -0.05) is 22.7 Å². The van der Waals surface area contributed by atoms with E-state index >= 15 is 0 Å². The third-order valence-electron chi connectivity index (χ3n) is 4.60. The number of benzene rings is 1. The number of hydrogen-bond donors (Lipinski definition) is 1. The summed E-state index contributed by atoms with van der Waals surface area (Å²) in [5.74, 6) is 1.03. The zero-order valence-corrected chi connectivity index (χ0v) is 17.2. The topological polar surface area (TPSA) is 81.9 Å². The molecule has 9 heteroatoms. The lowest BCUT2D eigenvalue weighted by molar-refractivity contribution is 0.103. The molecule has 146 valence electrons. The number of rotatable bonds is 6. The number of nitrogens with zero attached hydrogens (tertiary/aromatic N) is 4. The van der Waals surface area contributed by atoms with E-state index in [4.69, 9.17) is 9.72 Å². The summed E-state index contributed by atoms with van der Waals surface area (Å²) in [6, 6.07) is 11.4. The summed E-state index contributed by atoms with van der Waals surface area (Å²) in [5, 5.41) is 13.5. The molecule has 0 saturated heterocycles. The Morgan fingerprint density at radius 2 is 1.90 bits per heavy atom. The number of methoxy groups -OCH3 is 1. The lowest BCUT2D eigenvalue weighted by Gasteiger charge is -2.04. The number of carbonyl (C=O) groups excluding carboxylic acids is 1. The molecule has 0 unspecified atom stereocenters. The second-order valence-electron chi connectivity index (χ2n) is 6.67. The summed E-state index contributed by atoms with van der Waals surface area (Å²) >= 11 is 2.79. The van der Waals surface area contributed by atoms with Gasteiger partial charge in [-0.05, 0) is 49.2 Å². The van der Waals surface area contributed by atoms with Crippen molar-refractivity contribution in [3.8, 4) is 22.1 Å². The molecule has 7 nitrogen and oxygen atoms in total. The Morgan fingerprint density at radius 3 is 2.59 bits per heavy atom. The lowest BCUT2D eigenvalue weighted by Crippen LogP contribution is -2.11. The Hall–Kier alpha value is -3.04. The summed E-state index contributed by atoms with van der Waals surface area (Å²) < 4.78 is 7.13. The van der Waals surface area contributed by atoms with E-state index in [2.05, 4.69) is 15.5 Å². The number of ether oxygens (including phenoxy) is 1. The van der Waals surface area contributed by atoms with E-state index in [-0.39, 0.29) is 5.91 Å². The Labute approximate surface area is 175 Å². The van der Waals surface area contributed by atoms with E-state index in [0.717, 1.165) is 34.3 Å². The molecule has 29 heavy (non-hydrogen) atoms. The van der Waals surface area contributed by atoms with Gasteiger partial charge in [-0.3, -0.25) is 10.1 Å². The fraction of sp³-hybridized carbons (Fsp3) is 0.200. The highest BCUT2D eigenvalue weighted by atomic mass is 32.1. The molecular formula is C20H17N5O2S2. The van der Waals surface area contributed by atoms with Crippen LogP contribution in [0, 0.1) is 0 Å². The molecule has 1 saturated carbocycles. The van der Waals surface area contributed by atoms with E-state index in [0.29, 0.717) is 21.6 Å². The van der Waals surface area contributed by atoms with Crippen molar-refractivity contribution in [3.05, 3.63) is 58.7 Å². The van der Waals surface area contributed by atoms with Crippen LogP contribution >= 0.6 is 22.7 Å². The van der Waals surface area contributed by atoms with Crippen molar-refractivity contribution < 1.29 is 9.53 Å². The number of amides is 1. The maximum Gasteiger partial charge on any atom is 0.269 e. The van der Waals surface area contributed by atoms with Gasteiger partial charge in [0.1, 0.15) is 15.6 Å². The van der Waals surface area contributed by atoms with Gasteiger partial charge in [0.2, 0.25) is 5.13 Å². The van der Waals surface area contributed by atoms with E-state index in [1.54, 1.807) is 7.11 Å². The Balaban J connectivity index is 1.49. The fourth-order valence-corrected chi connectivity index (χ4v) is 4.77. The van der Waals surface area contributed by atoms with Crippen molar-refractivity contribution in [1.82, 2.24) is 19.7 Å². The van der Waals surface area contributed by atoms with Crippen LogP contribution in [0.3, 0.4) is 0 Å². The first kappa shape index (κ1) is 18.0. The van der Waals surface area contributed by atoms with Crippen LogP contribution in [-0.4, -0.2) is 32.8 Å². The molecule has 1 fully saturated rings. The number of thiazole rings is 1. The molecule has 0 spiro atoms. The van der Waals surface area contributed by atoms with Crippen LogP contribution in [0.4, 0.5) is 5.13 Å². The molecule has 0 radical (unpaired) electrons. The van der Waals surface area contributed by atoms with E-state index in [1.165, 1.54) is 22.7 Å².